The van der Waals surface area contributed by atoms with E-state index in [1.165, 1.54) is 0 Å². The number of carbonyl (C=O) groups is 1. The van der Waals surface area contributed by atoms with Gasteiger partial charge in [-0.3, -0.25) is 4.79 Å². The molecule has 2 rings (SSSR count). The highest BCUT2D eigenvalue weighted by Crippen LogP contribution is 2.30. The van der Waals surface area contributed by atoms with Crippen LogP contribution in [0.15, 0.2) is 30.8 Å². The van der Waals surface area contributed by atoms with Gasteiger partial charge in [-0.15, -0.1) is 0 Å². The molecule has 1 aromatic carbocycles. The van der Waals surface area contributed by atoms with Gasteiger partial charge in [0.2, 0.25) is 0 Å². The van der Waals surface area contributed by atoms with E-state index in [9.17, 15) is 4.79 Å². The first-order chi connectivity index (χ1) is 7.61. The second kappa shape index (κ2) is 4.08. The number of carboxylic acids is 1. The van der Waals surface area contributed by atoms with Crippen LogP contribution in [0.3, 0.4) is 0 Å². The van der Waals surface area contributed by atoms with E-state index in [4.69, 9.17) is 15.6 Å². The Morgan fingerprint density at radius 1 is 1.56 bits per heavy atom. The van der Waals surface area contributed by atoms with Gasteiger partial charge >= 0.3 is 5.97 Å². The lowest BCUT2D eigenvalue weighted by atomic mass is 9.91. The minimum Gasteiger partial charge on any atom is -0.480 e. The molecule has 2 atom stereocenters. The zero-order valence-corrected chi connectivity index (χ0v) is 8.72. The largest absolute Gasteiger partial charge is 0.480 e. The third-order valence-corrected chi connectivity index (χ3v) is 2.74. The number of carboxylic acid groups (broad SMARTS) is 1. The molecule has 4 heteroatoms. The summed E-state index contributed by atoms with van der Waals surface area (Å²) < 4.78 is 5.43. The SMILES string of the molecule is C=C1c2ccccc2CO[C@@H]1C(N)C(=O)O. The lowest BCUT2D eigenvalue weighted by Gasteiger charge is -2.29. The average molecular weight is 219 g/mol. The van der Waals surface area contributed by atoms with Crippen LogP contribution in [0.5, 0.6) is 0 Å². The molecule has 0 fully saturated rings. The molecule has 16 heavy (non-hydrogen) atoms. The van der Waals surface area contributed by atoms with Crippen molar-refractivity contribution in [3.8, 4) is 0 Å². The summed E-state index contributed by atoms with van der Waals surface area (Å²) in [6, 6.07) is 6.57. The maximum absolute atomic E-state index is 10.8. The number of rotatable bonds is 2. The molecule has 4 nitrogen and oxygen atoms in total. The number of hydrogen-bond acceptors (Lipinski definition) is 3. The van der Waals surface area contributed by atoms with Crippen LogP contribution in [-0.4, -0.2) is 23.2 Å². The van der Waals surface area contributed by atoms with E-state index < -0.39 is 18.1 Å². The Hall–Kier alpha value is -1.65. The molecule has 3 N–H and O–H groups in total. The monoisotopic (exact) mass is 219 g/mol. The maximum atomic E-state index is 10.8. The van der Waals surface area contributed by atoms with E-state index in [2.05, 4.69) is 6.58 Å². The number of nitrogens with two attached hydrogens (primary N) is 1. The van der Waals surface area contributed by atoms with Crippen molar-refractivity contribution in [2.45, 2.75) is 18.8 Å². The predicted octanol–water partition coefficient (Wildman–Crippen LogP) is 1.01. The van der Waals surface area contributed by atoms with Gasteiger partial charge < -0.3 is 15.6 Å². The Kier molecular flexibility index (Phi) is 2.77. The first-order valence-corrected chi connectivity index (χ1v) is 4.98. The smallest absolute Gasteiger partial charge is 0.323 e. The molecule has 0 saturated heterocycles. The number of ether oxygens (including phenoxy) is 1. The number of benzene rings is 1. The standard InChI is InChI=1S/C12H13NO3/c1-7-9-5-3-2-4-8(9)6-16-11(7)10(13)12(14)15/h2-5,10-11H,1,6,13H2,(H,14,15)/t10?,11-/m0/s1. The van der Waals surface area contributed by atoms with Gasteiger partial charge in [-0.1, -0.05) is 30.8 Å². The second-order valence-corrected chi connectivity index (χ2v) is 3.78. The number of fused-ring (bicyclic) bond motifs is 1. The zero-order valence-electron chi connectivity index (χ0n) is 8.72. The fourth-order valence-corrected chi connectivity index (χ4v) is 1.84. The molecule has 84 valence electrons. The predicted molar refractivity (Wildman–Crippen MR) is 59.7 cm³/mol. The number of hydrogen-bond donors (Lipinski definition) is 2. The van der Waals surface area contributed by atoms with Crippen molar-refractivity contribution in [3.63, 3.8) is 0 Å². The van der Waals surface area contributed by atoms with Crippen molar-refractivity contribution in [1.82, 2.24) is 0 Å². The molecular weight excluding hydrogens is 206 g/mol. The Bertz CT molecular complexity index is 442. The topological polar surface area (TPSA) is 72.5 Å². The van der Waals surface area contributed by atoms with Crippen LogP contribution in [0.2, 0.25) is 0 Å². The van der Waals surface area contributed by atoms with Gasteiger partial charge in [0.05, 0.1) is 6.61 Å². The van der Waals surface area contributed by atoms with Crippen molar-refractivity contribution < 1.29 is 14.6 Å². The molecule has 0 radical (unpaired) electrons. The van der Waals surface area contributed by atoms with Gasteiger partial charge in [-0.25, -0.2) is 0 Å². The molecule has 1 unspecified atom stereocenters. The Morgan fingerprint density at radius 2 is 2.25 bits per heavy atom. The third kappa shape index (κ3) is 1.73. The van der Waals surface area contributed by atoms with E-state index in [1.54, 1.807) is 0 Å². The lowest BCUT2D eigenvalue weighted by Crippen LogP contribution is -2.45. The zero-order chi connectivity index (χ0) is 11.7. The Morgan fingerprint density at radius 3 is 2.94 bits per heavy atom. The highest BCUT2D eigenvalue weighted by molar-refractivity contribution is 5.81. The normalized spacial score (nSPS) is 21.3. The van der Waals surface area contributed by atoms with Crippen LogP contribution >= 0.6 is 0 Å². The molecule has 0 saturated carbocycles. The summed E-state index contributed by atoms with van der Waals surface area (Å²) in [5.74, 6) is -1.08. The first-order valence-electron chi connectivity index (χ1n) is 4.98. The summed E-state index contributed by atoms with van der Waals surface area (Å²) >= 11 is 0. The fourth-order valence-electron chi connectivity index (χ4n) is 1.84. The van der Waals surface area contributed by atoms with Gasteiger partial charge in [0.1, 0.15) is 12.1 Å². The summed E-state index contributed by atoms with van der Waals surface area (Å²) in [4.78, 5) is 10.8. The van der Waals surface area contributed by atoms with Gasteiger partial charge in [0, 0.05) is 0 Å². The summed E-state index contributed by atoms with van der Waals surface area (Å²) in [5, 5.41) is 8.85. The molecule has 1 aliphatic rings. The van der Waals surface area contributed by atoms with Crippen molar-refractivity contribution in [2.75, 3.05) is 0 Å². The second-order valence-electron chi connectivity index (χ2n) is 3.78. The average Bonchev–Trinajstić information content (AvgIpc) is 2.29. The van der Waals surface area contributed by atoms with Crippen LogP contribution in [0.25, 0.3) is 5.57 Å². The molecule has 1 aromatic rings. The van der Waals surface area contributed by atoms with Crippen LogP contribution in [0, 0.1) is 0 Å². The van der Waals surface area contributed by atoms with Crippen molar-refractivity contribution >= 4 is 11.5 Å². The molecule has 0 bridgehead atoms. The number of aliphatic carboxylic acids is 1. The minimum absolute atomic E-state index is 0.376. The van der Waals surface area contributed by atoms with Gasteiger partial charge in [0.25, 0.3) is 0 Å². The van der Waals surface area contributed by atoms with Crippen LogP contribution in [0.1, 0.15) is 11.1 Å². The van der Waals surface area contributed by atoms with E-state index >= 15 is 0 Å². The summed E-state index contributed by atoms with van der Waals surface area (Å²) in [7, 11) is 0. The van der Waals surface area contributed by atoms with E-state index in [-0.39, 0.29) is 0 Å². The molecule has 1 heterocycles. The quantitative estimate of drug-likeness (QED) is 0.778. The maximum Gasteiger partial charge on any atom is 0.323 e. The van der Waals surface area contributed by atoms with Crippen molar-refractivity contribution in [3.05, 3.63) is 42.0 Å². The summed E-state index contributed by atoms with van der Waals surface area (Å²) in [6.07, 6.45) is -0.646. The Labute approximate surface area is 93.3 Å². The summed E-state index contributed by atoms with van der Waals surface area (Å²) in [6.45, 7) is 4.25. The molecule has 0 spiro atoms. The highest BCUT2D eigenvalue weighted by Gasteiger charge is 2.31. The molecular formula is C12H13NO3. The molecule has 1 aliphatic heterocycles. The van der Waals surface area contributed by atoms with Gasteiger partial charge in [-0.2, -0.15) is 0 Å². The van der Waals surface area contributed by atoms with Crippen LogP contribution in [-0.2, 0) is 16.1 Å². The van der Waals surface area contributed by atoms with Crippen molar-refractivity contribution in [2.24, 2.45) is 5.73 Å². The van der Waals surface area contributed by atoms with Gasteiger partial charge in [0.15, 0.2) is 0 Å². The Balaban J connectivity index is 2.31. The minimum atomic E-state index is -1.08. The molecule has 0 amide bonds. The van der Waals surface area contributed by atoms with E-state index in [1.807, 2.05) is 24.3 Å². The highest BCUT2D eigenvalue weighted by atomic mass is 16.5. The fraction of sp³-hybridized carbons (Fsp3) is 0.250. The van der Waals surface area contributed by atoms with Crippen LogP contribution in [0.4, 0.5) is 0 Å². The van der Waals surface area contributed by atoms with Crippen LogP contribution < -0.4 is 5.73 Å². The summed E-state index contributed by atoms with van der Waals surface area (Å²) in [5.41, 5.74) is 8.14. The van der Waals surface area contributed by atoms with E-state index in [0.717, 1.165) is 11.1 Å². The first kappa shape index (κ1) is 10.9. The van der Waals surface area contributed by atoms with E-state index in [0.29, 0.717) is 12.2 Å². The lowest BCUT2D eigenvalue weighted by molar-refractivity contribution is -0.141. The van der Waals surface area contributed by atoms with Gasteiger partial charge in [-0.05, 0) is 16.7 Å². The van der Waals surface area contributed by atoms with Crippen molar-refractivity contribution in [1.29, 1.82) is 0 Å². The third-order valence-electron chi connectivity index (χ3n) is 2.74. The molecule has 0 aromatic heterocycles. The molecule has 0 aliphatic carbocycles.